The molecule has 0 aromatic carbocycles. The fourth-order valence-corrected chi connectivity index (χ4v) is 4.29. The molecule has 3 heterocycles. The molecule has 2 atom stereocenters. The van der Waals surface area contributed by atoms with Crippen molar-refractivity contribution in [3.63, 3.8) is 0 Å². The van der Waals surface area contributed by atoms with Crippen molar-refractivity contribution >= 4 is 0 Å². The molecule has 122 valence electrons. The largest absolute Gasteiger partial charge is 0.300 e. The molecule has 2 aliphatic rings. The molecule has 2 saturated heterocycles. The average molecular weight is 301 g/mol. The lowest BCUT2D eigenvalue weighted by molar-refractivity contribution is 0.0433. The van der Waals surface area contributed by atoms with Gasteiger partial charge in [-0.05, 0) is 69.8 Å². The number of aromatic nitrogens is 1. The van der Waals surface area contributed by atoms with Crippen LogP contribution in [0.4, 0.5) is 0 Å². The highest BCUT2D eigenvalue weighted by Crippen LogP contribution is 2.31. The van der Waals surface area contributed by atoms with Crippen molar-refractivity contribution in [1.82, 2.24) is 14.8 Å². The molecule has 0 amide bonds. The van der Waals surface area contributed by atoms with E-state index in [1.54, 1.807) is 0 Å². The minimum Gasteiger partial charge on any atom is -0.300 e. The van der Waals surface area contributed by atoms with Gasteiger partial charge in [-0.1, -0.05) is 19.4 Å². The smallest absolute Gasteiger partial charge is 0.0544 e. The fourth-order valence-electron chi connectivity index (χ4n) is 4.29. The summed E-state index contributed by atoms with van der Waals surface area (Å²) in [6.45, 7) is 7.06. The third kappa shape index (κ3) is 3.88. The number of pyridine rings is 1. The van der Waals surface area contributed by atoms with E-state index in [2.05, 4.69) is 40.9 Å². The van der Waals surface area contributed by atoms with Gasteiger partial charge in [0.05, 0.1) is 5.69 Å². The van der Waals surface area contributed by atoms with Gasteiger partial charge in [-0.25, -0.2) is 0 Å². The van der Waals surface area contributed by atoms with Gasteiger partial charge in [0, 0.05) is 25.3 Å². The van der Waals surface area contributed by atoms with Crippen LogP contribution in [0.15, 0.2) is 18.3 Å². The lowest BCUT2D eigenvalue weighted by Gasteiger charge is -2.45. The molecule has 2 aliphatic heterocycles. The topological polar surface area (TPSA) is 19.4 Å². The first-order chi connectivity index (χ1) is 10.8. The van der Waals surface area contributed by atoms with E-state index in [0.29, 0.717) is 0 Å². The summed E-state index contributed by atoms with van der Waals surface area (Å²) in [6, 6.07) is 5.27. The first-order valence-electron chi connectivity index (χ1n) is 9.12. The van der Waals surface area contributed by atoms with E-state index in [1.807, 2.05) is 6.20 Å². The van der Waals surface area contributed by atoms with Crippen LogP contribution < -0.4 is 0 Å². The Balaban J connectivity index is 1.54. The molecule has 22 heavy (non-hydrogen) atoms. The van der Waals surface area contributed by atoms with Gasteiger partial charge in [-0.15, -0.1) is 0 Å². The zero-order chi connectivity index (χ0) is 15.4. The van der Waals surface area contributed by atoms with Crippen LogP contribution in [0.3, 0.4) is 0 Å². The van der Waals surface area contributed by atoms with E-state index in [-0.39, 0.29) is 0 Å². The van der Waals surface area contributed by atoms with Gasteiger partial charge in [-0.2, -0.15) is 0 Å². The van der Waals surface area contributed by atoms with Crippen LogP contribution in [-0.2, 0) is 13.0 Å². The Morgan fingerprint density at radius 1 is 1.18 bits per heavy atom. The number of piperidine rings is 2. The van der Waals surface area contributed by atoms with Crippen molar-refractivity contribution in [3.8, 4) is 0 Å². The summed E-state index contributed by atoms with van der Waals surface area (Å²) in [5, 5.41) is 0. The van der Waals surface area contributed by atoms with Crippen LogP contribution in [0.2, 0.25) is 0 Å². The van der Waals surface area contributed by atoms with Crippen LogP contribution in [-0.4, -0.2) is 47.5 Å². The lowest BCUT2D eigenvalue weighted by atomic mass is 9.83. The Hall–Kier alpha value is -0.930. The molecule has 3 nitrogen and oxygen atoms in total. The molecule has 2 fully saturated rings. The van der Waals surface area contributed by atoms with E-state index >= 15 is 0 Å². The maximum atomic E-state index is 4.61. The molecule has 0 N–H and O–H groups in total. The summed E-state index contributed by atoms with van der Waals surface area (Å²) >= 11 is 0. The van der Waals surface area contributed by atoms with Crippen molar-refractivity contribution in [1.29, 1.82) is 0 Å². The van der Waals surface area contributed by atoms with Crippen LogP contribution in [0.5, 0.6) is 0 Å². The Morgan fingerprint density at radius 2 is 2.05 bits per heavy atom. The molecule has 0 radical (unpaired) electrons. The number of aryl methyl sites for hydroxylation is 1. The number of nitrogens with zero attached hydrogens (tertiary/aromatic N) is 3. The Bertz CT molecular complexity index is 454. The molecule has 0 spiro atoms. The molecule has 0 aliphatic carbocycles. The molecule has 0 bridgehead atoms. The quantitative estimate of drug-likeness (QED) is 0.831. The normalized spacial score (nSPS) is 26.1. The first-order valence-corrected chi connectivity index (χ1v) is 9.12. The third-order valence-electron chi connectivity index (χ3n) is 5.50. The van der Waals surface area contributed by atoms with Crippen molar-refractivity contribution in [2.45, 2.75) is 58.0 Å². The van der Waals surface area contributed by atoms with Crippen molar-refractivity contribution in [2.24, 2.45) is 5.92 Å². The van der Waals surface area contributed by atoms with Gasteiger partial charge >= 0.3 is 0 Å². The number of hydrogen-bond acceptors (Lipinski definition) is 3. The molecule has 1 aromatic rings. The van der Waals surface area contributed by atoms with Crippen molar-refractivity contribution in [3.05, 3.63) is 29.6 Å². The Morgan fingerprint density at radius 3 is 2.82 bits per heavy atom. The van der Waals surface area contributed by atoms with E-state index in [0.717, 1.165) is 24.9 Å². The monoisotopic (exact) mass is 301 g/mol. The summed E-state index contributed by atoms with van der Waals surface area (Å²) in [7, 11) is 2.26. The lowest BCUT2D eigenvalue weighted by Crippen LogP contribution is -2.50. The van der Waals surface area contributed by atoms with Gasteiger partial charge in [-0.3, -0.25) is 4.98 Å². The van der Waals surface area contributed by atoms with E-state index in [1.165, 1.54) is 63.0 Å². The van der Waals surface area contributed by atoms with Gasteiger partial charge in [0.1, 0.15) is 0 Å². The number of hydrogen-bond donors (Lipinski definition) is 0. The zero-order valence-electron chi connectivity index (χ0n) is 14.3. The average Bonchev–Trinajstić information content (AvgIpc) is 2.56. The molecule has 1 aromatic heterocycles. The maximum absolute atomic E-state index is 4.61. The van der Waals surface area contributed by atoms with Crippen LogP contribution in [0, 0.1) is 5.92 Å². The third-order valence-corrected chi connectivity index (χ3v) is 5.50. The van der Waals surface area contributed by atoms with Crippen LogP contribution >= 0.6 is 0 Å². The van der Waals surface area contributed by atoms with E-state index < -0.39 is 0 Å². The highest BCUT2D eigenvalue weighted by atomic mass is 15.2. The zero-order valence-corrected chi connectivity index (χ0v) is 14.3. The van der Waals surface area contributed by atoms with Crippen LogP contribution in [0.1, 0.15) is 50.3 Å². The molecule has 3 heteroatoms. The maximum Gasteiger partial charge on any atom is 0.0544 e. The minimum atomic E-state index is 0.848. The van der Waals surface area contributed by atoms with Gasteiger partial charge in [0.15, 0.2) is 0 Å². The van der Waals surface area contributed by atoms with Crippen molar-refractivity contribution in [2.75, 3.05) is 26.7 Å². The Kier molecular flexibility index (Phi) is 5.48. The van der Waals surface area contributed by atoms with Gasteiger partial charge in [0.25, 0.3) is 0 Å². The van der Waals surface area contributed by atoms with Gasteiger partial charge in [0.2, 0.25) is 0 Å². The summed E-state index contributed by atoms with van der Waals surface area (Å²) in [5.74, 6) is 0.856. The second-order valence-electron chi connectivity index (χ2n) is 7.21. The molecule has 0 saturated carbocycles. The van der Waals surface area contributed by atoms with Crippen molar-refractivity contribution < 1.29 is 0 Å². The summed E-state index contributed by atoms with van der Waals surface area (Å²) in [6.07, 6.45) is 10.2. The number of rotatable bonds is 5. The summed E-state index contributed by atoms with van der Waals surface area (Å²) < 4.78 is 0. The number of fused-ring (bicyclic) bond motifs is 1. The highest BCUT2D eigenvalue weighted by molar-refractivity contribution is 5.13. The summed E-state index contributed by atoms with van der Waals surface area (Å²) in [4.78, 5) is 9.86. The predicted octanol–water partition coefficient (Wildman–Crippen LogP) is 3.34. The van der Waals surface area contributed by atoms with E-state index in [4.69, 9.17) is 0 Å². The second kappa shape index (κ2) is 7.56. The first kappa shape index (κ1) is 15.9. The molecular weight excluding hydrogens is 270 g/mol. The summed E-state index contributed by atoms with van der Waals surface area (Å²) in [5.41, 5.74) is 2.53. The molecular formula is C19H31N3. The van der Waals surface area contributed by atoms with Gasteiger partial charge < -0.3 is 9.80 Å². The minimum absolute atomic E-state index is 0.848. The van der Waals surface area contributed by atoms with E-state index in [9.17, 15) is 0 Å². The SMILES string of the molecule is CCc1ccc(CN(C)C[C@@H]2CCCN3CCCC[C@H]23)nc1. The fraction of sp³-hybridized carbons (Fsp3) is 0.737. The Labute approximate surface area is 135 Å². The standard InChI is InChI=1S/C19H31N3/c1-3-16-9-10-18(20-13-16)15-21(2)14-17-7-6-12-22-11-5-4-8-19(17)22/h9-10,13,17,19H,3-8,11-12,14-15H2,1-2H3/t17-,19+/m0/s1. The highest BCUT2D eigenvalue weighted by Gasteiger charge is 2.33. The van der Waals surface area contributed by atoms with Crippen LogP contribution in [0.25, 0.3) is 0 Å². The second-order valence-corrected chi connectivity index (χ2v) is 7.21. The predicted molar refractivity (Wildman–Crippen MR) is 91.9 cm³/mol. The molecule has 0 unspecified atom stereocenters. The molecule has 3 rings (SSSR count).